The summed E-state index contributed by atoms with van der Waals surface area (Å²) in [5, 5.41) is 3.25. The van der Waals surface area contributed by atoms with E-state index in [1.807, 2.05) is 0 Å². The summed E-state index contributed by atoms with van der Waals surface area (Å²) in [5.41, 5.74) is 6.32. The van der Waals surface area contributed by atoms with Crippen molar-refractivity contribution < 1.29 is 14.3 Å². The van der Waals surface area contributed by atoms with Gasteiger partial charge in [-0.05, 0) is 25.3 Å². The minimum absolute atomic E-state index is 0.0682. The normalized spacial score (nSPS) is 21.9. The molecule has 1 aliphatic rings. The molecule has 1 aliphatic carbocycles. The van der Waals surface area contributed by atoms with Gasteiger partial charge in [0.2, 0.25) is 0 Å². The number of anilines is 1. The molecule has 102 valence electrons. The van der Waals surface area contributed by atoms with E-state index in [1.54, 1.807) is 12.3 Å². The number of rotatable bonds is 4. The number of pyridine rings is 1. The first-order valence-electron chi connectivity index (χ1n) is 6.20. The maximum atomic E-state index is 11.5. The van der Waals surface area contributed by atoms with Crippen molar-refractivity contribution in [3.63, 3.8) is 0 Å². The second-order valence-electron chi connectivity index (χ2n) is 4.66. The third-order valence-electron chi connectivity index (χ3n) is 3.41. The van der Waals surface area contributed by atoms with Gasteiger partial charge in [-0.15, -0.1) is 0 Å². The Kier molecular flexibility index (Phi) is 3.99. The highest BCUT2D eigenvalue weighted by atomic mass is 16.5. The summed E-state index contributed by atoms with van der Waals surface area (Å²) in [7, 11) is 1.40. The van der Waals surface area contributed by atoms with Crippen molar-refractivity contribution in [3.8, 4) is 0 Å². The molecule has 0 radical (unpaired) electrons. The second-order valence-corrected chi connectivity index (χ2v) is 4.66. The number of aromatic nitrogens is 1. The molecule has 0 saturated heterocycles. The van der Waals surface area contributed by atoms with Crippen molar-refractivity contribution in [1.29, 1.82) is 0 Å². The molecule has 0 aliphatic heterocycles. The molecule has 1 aromatic heterocycles. The van der Waals surface area contributed by atoms with E-state index in [4.69, 9.17) is 10.5 Å². The first-order chi connectivity index (χ1) is 9.11. The van der Waals surface area contributed by atoms with E-state index in [0.717, 1.165) is 12.8 Å². The fourth-order valence-corrected chi connectivity index (χ4v) is 2.43. The summed E-state index contributed by atoms with van der Waals surface area (Å²) in [4.78, 5) is 26.6. The van der Waals surface area contributed by atoms with E-state index >= 15 is 0 Å². The zero-order chi connectivity index (χ0) is 13.8. The molecule has 1 aromatic rings. The molecule has 0 spiro atoms. The highest BCUT2D eigenvalue weighted by Gasteiger charge is 2.30. The van der Waals surface area contributed by atoms with E-state index in [2.05, 4.69) is 10.3 Å². The summed E-state index contributed by atoms with van der Waals surface area (Å²) < 4.78 is 4.74. The van der Waals surface area contributed by atoms with Crippen molar-refractivity contribution in [2.24, 2.45) is 11.7 Å². The molecule has 0 unspecified atom stereocenters. The van der Waals surface area contributed by atoms with Crippen LogP contribution in [0.5, 0.6) is 0 Å². The first kappa shape index (κ1) is 13.3. The average Bonchev–Trinajstić information content (AvgIpc) is 2.86. The van der Waals surface area contributed by atoms with Crippen molar-refractivity contribution in [1.82, 2.24) is 4.98 Å². The van der Waals surface area contributed by atoms with E-state index in [1.165, 1.54) is 13.3 Å². The number of nitrogens with one attached hydrogen (secondary N) is 1. The number of amides is 1. The predicted octanol–water partition coefficient (Wildman–Crippen LogP) is 0.934. The molecular formula is C13H17N3O3. The number of nitrogens with two attached hydrogens (primary N) is 1. The number of methoxy groups -OCH3 is 1. The number of carbonyl (C=O) groups is 2. The number of hydrogen-bond donors (Lipinski definition) is 2. The van der Waals surface area contributed by atoms with Crippen molar-refractivity contribution >= 4 is 17.6 Å². The van der Waals surface area contributed by atoms with Crippen LogP contribution in [0, 0.1) is 5.92 Å². The molecule has 6 heteroatoms. The van der Waals surface area contributed by atoms with Crippen LogP contribution >= 0.6 is 0 Å². The summed E-state index contributed by atoms with van der Waals surface area (Å²) in [6, 6.07) is 1.86. The number of esters is 1. The average molecular weight is 263 g/mol. The van der Waals surface area contributed by atoms with Crippen LogP contribution in [0.2, 0.25) is 0 Å². The van der Waals surface area contributed by atoms with Gasteiger partial charge in [0, 0.05) is 18.4 Å². The third-order valence-corrected chi connectivity index (χ3v) is 3.41. The number of ether oxygens (including phenoxy) is 1. The zero-order valence-electron chi connectivity index (χ0n) is 10.8. The van der Waals surface area contributed by atoms with Gasteiger partial charge < -0.3 is 15.8 Å². The first-order valence-corrected chi connectivity index (χ1v) is 6.20. The lowest BCUT2D eigenvalue weighted by Gasteiger charge is -2.16. The Labute approximate surface area is 111 Å². The molecule has 2 atom stereocenters. The van der Waals surface area contributed by atoms with Crippen LogP contribution in [0.15, 0.2) is 18.5 Å². The Morgan fingerprint density at radius 3 is 2.95 bits per heavy atom. The quantitative estimate of drug-likeness (QED) is 0.788. The maximum Gasteiger partial charge on any atom is 0.308 e. The van der Waals surface area contributed by atoms with Crippen LogP contribution in [-0.2, 0) is 9.53 Å². The van der Waals surface area contributed by atoms with Crippen LogP contribution in [0.4, 0.5) is 5.69 Å². The third kappa shape index (κ3) is 3.01. The van der Waals surface area contributed by atoms with Gasteiger partial charge in [0.1, 0.15) is 0 Å². The Morgan fingerprint density at radius 2 is 2.26 bits per heavy atom. The number of hydrogen-bond acceptors (Lipinski definition) is 5. The topological polar surface area (TPSA) is 94.3 Å². The minimum Gasteiger partial charge on any atom is -0.469 e. The molecule has 1 fully saturated rings. The van der Waals surface area contributed by atoms with Crippen LogP contribution < -0.4 is 11.1 Å². The van der Waals surface area contributed by atoms with Crippen LogP contribution in [0.25, 0.3) is 0 Å². The van der Waals surface area contributed by atoms with Gasteiger partial charge in [-0.2, -0.15) is 0 Å². The monoisotopic (exact) mass is 263 g/mol. The number of carbonyl (C=O) groups excluding carboxylic acids is 2. The fourth-order valence-electron chi connectivity index (χ4n) is 2.43. The molecule has 1 heterocycles. The highest BCUT2D eigenvalue weighted by molar-refractivity contribution is 5.98. The Hall–Kier alpha value is -2.11. The summed E-state index contributed by atoms with van der Waals surface area (Å²) in [6.07, 6.45) is 5.40. The number of primary amides is 1. The van der Waals surface area contributed by atoms with Gasteiger partial charge in [-0.1, -0.05) is 0 Å². The Morgan fingerprint density at radius 1 is 1.47 bits per heavy atom. The fraction of sp³-hybridized carbons (Fsp3) is 0.462. The van der Waals surface area contributed by atoms with Gasteiger partial charge in [-0.25, -0.2) is 0 Å². The molecule has 2 rings (SSSR count). The summed E-state index contributed by atoms with van der Waals surface area (Å²) >= 11 is 0. The molecule has 3 N–H and O–H groups in total. The molecule has 0 aromatic carbocycles. The van der Waals surface area contributed by atoms with Crippen molar-refractivity contribution in [3.05, 3.63) is 24.0 Å². The summed E-state index contributed by atoms with van der Waals surface area (Å²) in [6.45, 7) is 0. The smallest absolute Gasteiger partial charge is 0.308 e. The zero-order valence-corrected chi connectivity index (χ0v) is 10.8. The highest BCUT2D eigenvalue weighted by Crippen LogP contribution is 2.29. The van der Waals surface area contributed by atoms with Crippen LogP contribution in [0.3, 0.4) is 0 Å². The SMILES string of the molecule is COC(=O)[C@H]1CC[C@@H](Nc2ccncc2C(N)=O)C1. The van der Waals surface area contributed by atoms with Gasteiger partial charge in [0.05, 0.1) is 24.3 Å². The lowest BCUT2D eigenvalue weighted by molar-refractivity contribution is -0.145. The van der Waals surface area contributed by atoms with Crippen LogP contribution in [0.1, 0.15) is 29.6 Å². The van der Waals surface area contributed by atoms with Gasteiger partial charge in [-0.3, -0.25) is 14.6 Å². The van der Waals surface area contributed by atoms with Gasteiger partial charge >= 0.3 is 5.97 Å². The van der Waals surface area contributed by atoms with Crippen molar-refractivity contribution in [2.75, 3.05) is 12.4 Å². The molecule has 19 heavy (non-hydrogen) atoms. The predicted molar refractivity (Wildman–Crippen MR) is 69.5 cm³/mol. The van der Waals surface area contributed by atoms with Crippen molar-refractivity contribution in [2.45, 2.75) is 25.3 Å². The molecule has 1 amide bonds. The van der Waals surface area contributed by atoms with E-state index < -0.39 is 5.91 Å². The lowest BCUT2D eigenvalue weighted by Crippen LogP contribution is -2.21. The second kappa shape index (κ2) is 5.69. The standard InChI is InChI=1S/C13H17N3O3/c1-19-13(18)8-2-3-9(6-8)16-11-4-5-15-7-10(11)12(14)17/h4-5,7-9H,2-3,6H2,1H3,(H2,14,17)(H,15,16)/t8-,9+/m0/s1. The maximum absolute atomic E-state index is 11.5. The lowest BCUT2D eigenvalue weighted by atomic mass is 10.1. The van der Waals surface area contributed by atoms with E-state index in [9.17, 15) is 9.59 Å². The molecule has 1 saturated carbocycles. The minimum atomic E-state index is -0.516. The molecule has 0 bridgehead atoms. The Bertz CT molecular complexity index is 490. The largest absolute Gasteiger partial charge is 0.469 e. The van der Waals surface area contributed by atoms with Gasteiger partial charge in [0.15, 0.2) is 0 Å². The van der Waals surface area contributed by atoms with E-state index in [-0.39, 0.29) is 17.9 Å². The summed E-state index contributed by atoms with van der Waals surface area (Å²) in [5.74, 6) is -0.756. The number of nitrogens with zero attached hydrogens (tertiary/aromatic N) is 1. The van der Waals surface area contributed by atoms with Crippen LogP contribution in [-0.4, -0.2) is 30.0 Å². The van der Waals surface area contributed by atoms with E-state index in [0.29, 0.717) is 17.7 Å². The Balaban J connectivity index is 2.03. The molecular weight excluding hydrogens is 246 g/mol. The molecule has 6 nitrogen and oxygen atoms in total. The van der Waals surface area contributed by atoms with Gasteiger partial charge in [0.25, 0.3) is 5.91 Å².